The lowest BCUT2D eigenvalue weighted by Gasteiger charge is -2.29. The minimum Gasteiger partial charge on any atom is -0.374 e. The van der Waals surface area contributed by atoms with Crippen LogP contribution in [0.5, 0.6) is 0 Å². The van der Waals surface area contributed by atoms with Gasteiger partial charge in [0.25, 0.3) is 0 Å². The molecule has 0 fully saturated rings. The molecule has 5 nitrogen and oxygen atoms in total. The number of rotatable bonds is 5. The standard InChI is InChI=1S/C16H18F3N3O2/c1-11-5-3-4-6-12(11)10-21-13(23)9-15(24,16(17,18)19)14-20-7-8-22(14)2/h3-8,24H,9-10H2,1-2H3,(H,21,23). The van der Waals surface area contributed by atoms with Crippen LogP contribution in [0.4, 0.5) is 13.2 Å². The zero-order valence-corrected chi connectivity index (χ0v) is 13.3. The number of carbonyl (C=O) groups is 1. The second-order valence-electron chi connectivity index (χ2n) is 5.60. The zero-order chi connectivity index (χ0) is 18.0. The summed E-state index contributed by atoms with van der Waals surface area (Å²) in [5.74, 6) is -1.54. The fraction of sp³-hybridized carbons (Fsp3) is 0.375. The van der Waals surface area contributed by atoms with Gasteiger partial charge in [0.05, 0.1) is 6.42 Å². The number of carbonyl (C=O) groups excluding carboxylic acids is 1. The molecule has 0 aliphatic rings. The van der Waals surface area contributed by atoms with Crippen LogP contribution < -0.4 is 5.32 Å². The summed E-state index contributed by atoms with van der Waals surface area (Å²) in [6, 6.07) is 7.20. The number of aromatic nitrogens is 2. The molecule has 0 saturated heterocycles. The van der Waals surface area contributed by atoms with Gasteiger partial charge in [-0.3, -0.25) is 4.79 Å². The Morgan fingerprint density at radius 3 is 2.54 bits per heavy atom. The summed E-state index contributed by atoms with van der Waals surface area (Å²) in [5, 5.41) is 12.6. The van der Waals surface area contributed by atoms with Crippen molar-refractivity contribution in [2.24, 2.45) is 7.05 Å². The Morgan fingerprint density at radius 2 is 2.00 bits per heavy atom. The number of nitrogens with zero attached hydrogens (tertiary/aromatic N) is 2. The van der Waals surface area contributed by atoms with E-state index in [9.17, 15) is 23.1 Å². The Hall–Kier alpha value is -2.35. The van der Waals surface area contributed by atoms with E-state index in [1.165, 1.54) is 13.2 Å². The molecule has 1 atom stereocenters. The quantitative estimate of drug-likeness (QED) is 0.876. The van der Waals surface area contributed by atoms with Gasteiger partial charge in [-0.15, -0.1) is 0 Å². The molecule has 8 heteroatoms. The Morgan fingerprint density at radius 1 is 1.33 bits per heavy atom. The average Bonchev–Trinajstić information content (AvgIpc) is 2.92. The highest BCUT2D eigenvalue weighted by molar-refractivity contribution is 5.77. The van der Waals surface area contributed by atoms with E-state index in [-0.39, 0.29) is 6.54 Å². The van der Waals surface area contributed by atoms with Crippen LogP contribution in [0.15, 0.2) is 36.7 Å². The van der Waals surface area contributed by atoms with E-state index in [1.807, 2.05) is 19.1 Å². The Balaban J connectivity index is 2.14. The van der Waals surface area contributed by atoms with Crippen LogP contribution in [0.25, 0.3) is 0 Å². The number of hydrogen-bond donors (Lipinski definition) is 2. The van der Waals surface area contributed by atoms with Gasteiger partial charge in [0.15, 0.2) is 5.82 Å². The van der Waals surface area contributed by atoms with Gasteiger partial charge in [0, 0.05) is 26.0 Å². The van der Waals surface area contributed by atoms with Crippen LogP contribution >= 0.6 is 0 Å². The summed E-state index contributed by atoms with van der Waals surface area (Å²) >= 11 is 0. The third kappa shape index (κ3) is 3.59. The van der Waals surface area contributed by atoms with E-state index in [4.69, 9.17) is 0 Å². The number of amides is 1. The molecule has 2 N–H and O–H groups in total. The molecule has 1 aromatic carbocycles. The van der Waals surface area contributed by atoms with Crippen molar-refractivity contribution in [2.45, 2.75) is 31.7 Å². The van der Waals surface area contributed by atoms with Gasteiger partial charge in [-0.2, -0.15) is 13.2 Å². The van der Waals surface area contributed by atoms with Crippen molar-refractivity contribution in [3.05, 3.63) is 53.6 Å². The summed E-state index contributed by atoms with van der Waals surface area (Å²) in [5.41, 5.74) is -1.65. The molecule has 1 unspecified atom stereocenters. The minimum absolute atomic E-state index is 0.0833. The second kappa shape index (κ2) is 6.64. The molecule has 1 amide bonds. The molecule has 1 aromatic heterocycles. The normalized spacial score (nSPS) is 14.2. The highest BCUT2D eigenvalue weighted by Gasteiger charge is 2.58. The van der Waals surface area contributed by atoms with E-state index < -0.39 is 29.9 Å². The van der Waals surface area contributed by atoms with Gasteiger partial charge < -0.3 is 15.0 Å². The monoisotopic (exact) mass is 341 g/mol. The third-order valence-electron chi connectivity index (χ3n) is 3.81. The van der Waals surface area contributed by atoms with Crippen molar-refractivity contribution in [1.82, 2.24) is 14.9 Å². The van der Waals surface area contributed by atoms with Crippen molar-refractivity contribution in [1.29, 1.82) is 0 Å². The average molecular weight is 341 g/mol. The molecule has 0 aliphatic carbocycles. The molecule has 0 bridgehead atoms. The van der Waals surface area contributed by atoms with Crippen LogP contribution in [0.1, 0.15) is 23.4 Å². The fourth-order valence-corrected chi connectivity index (χ4v) is 2.37. The number of aliphatic hydroxyl groups is 1. The molecule has 0 aliphatic heterocycles. The first kappa shape index (κ1) is 18.0. The maximum atomic E-state index is 13.4. The maximum Gasteiger partial charge on any atom is 0.425 e. The smallest absolute Gasteiger partial charge is 0.374 e. The Labute approximate surface area is 137 Å². The third-order valence-corrected chi connectivity index (χ3v) is 3.81. The topological polar surface area (TPSA) is 67.2 Å². The first-order valence-corrected chi connectivity index (χ1v) is 7.23. The number of benzene rings is 1. The van der Waals surface area contributed by atoms with Gasteiger partial charge in [0.2, 0.25) is 11.5 Å². The SMILES string of the molecule is Cc1ccccc1CNC(=O)CC(O)(c1nccn1C)C(F)(F)F. The van der Waals surface area contributed by atoms with E-state index in [2.05, 4.69) is 10.3 Å². The summed E-state index contributed by atoms with van der Waals surface area (Å²) in [4.78, 5) is 15.5. The number of nitrogens with one attached hydrogen (secondary N) is 1. The van der Waals surface area contributed by atoms with Crippen molar-refractivity contribution in [3.63, 3.8) is 0 Å². The van der Waals surface area contributed by atoms with E-state index >= 15 is 0 Å². The van der Waals surface area contributed by atoms with Gasteiger partial charge in [-0.05, 0) is 18.1 Å². The van der Waals surface area contributed by atoms with Crippen molar-refractivity contribution in [2.75, 3.05) is 0 Å². The first-order chi connectivity index (χ1) is 11.1. The molecular weight excluding hydrogens is 323 g/mol. The summed E-state index contributed by atoms with van der Waals surface area (Å²) in [7, 11) is 1.32. The van der Waals surface area contributed by atoms with E-state index in [0.29, 0.717) is 0 Å². The van der Waals surface area contributed by atoms with E-state index in [1.54, 1.807) is 12.1 Å². The van der Waals surface area contributed by atoms with Crippen molar-refractivity contribution < 1.29 is 23.1 Å². The fourth-order valence-electron chi connectivity index (χ4n) is 2.37. The van der Waals surface area contributed by atoms with Crippen LogP contribution in [-0.2, 0) is 24.0 Å². The molecule has 0 spiro atoms. The molecule has 24 heavy (non-hydrogen) atoms. The number of aryl methyl sites for hydroxylation is 2. The summed E-state index contributed by atoms with van der Waals surface area (Å²) in [6.45, 7) is 1.92. The Kier molecular flexibility index (Phi) is 4.98. The molecule has 2 aromatic rings. The molecule has 0 saturated carbocycles. The summed E-state index contributed by atoms with van der Waals surface area (Å²) < 4.78 is 41.1. The minimum atomic E-state index is -5.04. The summed E-state index contributed by atoms with van der Waals surface area (Å²) in [6.07, 6.45) is -3.78. The van der Waals surface area contributed by atoms with Crippen LogP contribution in [0.2, 0.25) is 0 Å². The first-order valence-electron chi connectivity index (χ1n) is 7.23. The van der Waals surface area contributed by atoms with Gasteiger partial charge in [-0.25, -0.2) is 4.98 Å². The lowest BCUT2D eigenvalue weighted by molar-refractivity contribution is -0.271. The van der Waals surface area contributed by atoms with Crippen molar-refractivity contribution >= 4 is 5.91 Å². The lowest BCUT2D eigenvalue weighted by atomic mass is 9.97. The molecule has 1 heterocycles. The molecule has 2 rings (SSSR count). The van der Waals surface area contributed by atoms with Crippen molar-refractivity contribution in [3.8, 4) is 0 Å². The predicted octanol–water partition coefficient (Wildman–Crippen LogP) is 2.18. The maximum absolute atomic E-state index is 13.4. The van der Waals surface area contributed by atoms with Crippen LogP contribution in [-0.4, -0.2) is 26.7 Å². The highest BCUT2D eigenvalue weighted by Crippen LogP contribution is 2.40. The molecule has 130 valence electrons. The highest BCUT2D eigenvalue weighted by atomic mass is 19.4. The van der Waals surface area contributed by atoms with Gasteiger partial charge >= 0.3 is 6.18 Å². The number of hydrogen-bond acceptors (Lipinski definition) is 3. The second-order valence-corrected chi connectivity index (χ2v) is 5.60. The number of halogens is 3. The number of imidazole rings is 1. The Bertz CT molecular complexity index is 727. The zero-order valence-electron chi connectivity index (χ0n) is 13.3. The van der Waals surface area contributed by atoms with Gasteiger partial charge in [0.1, 0.15) is 0 Å². The number of alkyl halides is 3. The molecular formula is C16H18F3N3O2. The van der Waals surface area contributed by atoms with E-state index in [0.717, 1.165) is 21.9 Å². The van der Waals surface area contributed by atoms with Crippen LogP contribution in [0.3, 0.4) is 0 Å². The molecule has 0 radical (unpaired) electrons. The predicted molar refractivity (Wildman–Crippen MR) is 80.8 cm³/mol. The van der Waals surface area contributed by atoms with Gasteiger partial charge in [-0.1, -0.05) is 24.3 Å². The van der Waals surface area contributed by atoms with Crippen LogP contribution in [0, 0.1) is 6.92 Å². The lowest BCUT2D eigenvalue weighted by Crippen LogP contribution is -2.47. The largest absolute Gasteiger partial charge is 0.425 e.